The van der Waals surface area contributed by atoms with Gasteiger partial charge in [-0.3, -0.25) is 0 Å². The van der Waals surface area contributed by atoms with Gasteiger partial charge in [0.05, 0.1) is 0 Å². The molecule has 1 N–H and O–H groups in total. The van der Waals surface area contributed by atoms with E-state index in [0.717, 1.165) is 11.8 Å². The van der Waals surface area contributed by atoms with Crippen molar-refractivity contribution in [2.45, 2.75) is 39.5 Å². The van der Waals surface area contributed by atoms with Crippen molar-refractivity contribution in [3.8, 4) is 0 Å². The molecule has 3 nitrogen and oxygen atoms in total. The highest BCUT2D eigenvalue weighted by Crippen LogP contribution is 2.29. The summed E-state index contributed by atoms with van der Waals surface area (Å²) >= 11 is 0. The Morgan fingerprint density at radius 3 is 2.32 bits per heavy atom. The molecule has 1 aliphatic heterocycles. The van der Waals surface area contributed by atoms with Crippen LogP contribution in [-0.2, 0) is 0 Å². The maximum atomic E-state index is 3.53. The fourth-order valence-electron chi connectivity index (χ4n) is 2.84. The van der Waals surface area contributed by atoms with Crippen LogP contribution < -0.4 is 5.32 Å². The summed E-state index contributed by atoms with van der Waals surface area (Å²) < 4.78 is 0. The predicted molar refractivity (Wildman–Crippen MR) is 82.5 cm³/mol. The second-order valence-corrected chi connectivity index (χ2v) is 6.89. The van der Waals surface area contributed by atoms with E-state index in [0.29, 0.717) is 0 Å². The summed E-state index contributed by atoms with van der Waals surface area (Å²) in [5.74, 6) is 1.83. The highest BCUT2D eigenvalue weighted by atomic mass is 15.3. The topological polar surface area (TPSA) is 18.5 Å². The summed E-state index contributed by atoms with van der Waals surface area (Å²) in [5.41, 5.74) is 0. The Labute approximate surface area is 119 Å². The standard InChI is InChI=1S/C16H33N3/c1-15(2)13-17-7-3-4-8-18-9-11-19(12-10-18)14-16-5-6-16/h15-17H,3-14H2,1-2H3. The monoisotopic (exact) mass is 267 g/mol. The zero-order chi connectivity index (χ0) is 13.5. The van der Waals surface area contributed by atoms with Crippen LogP contribution in [-0.4, -0.2) is 62.2 Å². The Hall–Kier alpha value is -0.120. The zero-order valence-electron chi connectivity index (χ0n) is 13.0. The predicted octanol–water partition coefficient (Wildman–Crippen LogP) is 2.04. The number of hydrogen-bond donors (Lipinski definition) is 1. The van der Waals surface area contributed by atoms with E-state index in [4.69, 9.17) is 0 Å². The fourth-order valence-corrected chi connectivity index (χ4v) is 2.84. The number of nitrogens with one attached hydrogen (secondary N) is 1. The molecule has 0 atom stereocenters. The Morgan fingerprint density at radius 1 is 1.00 bits per heavy atom. The van der Waals surface area contributed by atoms with Crippen LogP contribution in [0.2, 0.25) is 0 Å². The van der Waals surface area contributed by atoms with Crippen LogP contribution in [0.25, 0.3) is 0 Å². The van der Waals surface area contributed by atoms with Crippen LogP contribution in [0.1, 0.15) is 39.5 Å². The van der Waals surface area contributed by atoms with Crippen molar-refractivity contribution < 1.29 is 0 Å². The molecule has 0 aromatic carbocycles. The van der Waals surface area contributed by atoms with Crippen molar-refractivity contribution in [2.75, 3.05) is 52.4 Å². The second-order valence-electron chi connectivity index (χ2n) is 6.89. The highest BCUT2D eigenvalue weighted by molar-refractivity contribution is 4.80. The van der Waals surface area contributed by atoms with Crippen molar-refractivity contribution >= 4 is 0 Å². The van der Waals surface area contributed by atoms with Gasteiger partial charge in [-0.05, 0) is 57.2 Å². The summed E-state index contributed by atoms with van der Waals surface area (Å²) in [5, 5.41) is 3.53. The number of nitrogens with zero attached hydrogens (tertiary/aromatic N) is 2. The van der Waals surface area contributed by atoms with E-state index in [1.54, 1.807) is 0 Å². The van der Waals surface area contributed by atoms with E-state index < -0.39 is 0 Å². The first-order chi connectivity index (χ1) is 9.24. The van der Waals surface area contributed by atoms with Crippen molar-refractivity contribution in [3.05, 3.63) is 0 Å². The fraction of sp³-hybridized carbons (Fsp3) is 1.00. The van der Waals surface area contributed by atoms with E-state index in [9.17, 15) is 0 Å². The summed E-state index contributed by atoms with van der Waals surface area (Å²) in [6.45, 7) is 14.8. The molecule has 0 spiro atoms. The third-order valence-electron chi connectivity index (χ3n) is 4.31. The third-order valence-corrected chi connectivity index (χ3v) is 4.31. The van der Waals surface area contributed by atoms with Gasteiger partial charge >= 0.3 is 0 Å². The summed E-state index contributed by atoms with van der Waals surface area (Å²) in [4.78, 5) is 5.34. The molecule has 2 rings (SSSR count). The minimum absolute atomic E-state index is 0.777. The lowest BCUT2D eigenvalue weighted by Crippen LogP contribution is -2.47. The molecule has 0 aromatic rings. The van der Waals surface area contributed by atoms with Crippen LogP contribution in [0.5, 0.6) is 0 Å². The van der Waals surface area contributed by atoms with Crippen molar-refractivity contribution in [3.63, 3.8) is 0 Å². The lowest BCUT2D eigenvalue weighted by molar-refractivity contribution is 0.127. The maximum absolute atomic E-state index is 3.53. The molecular weight excluding hydrogens is 234 g/mol. The van der Waals surface area contributed by atoms with Gasteiger partial charge in [0.2, 0.25) is 0 Å². The molecule has 19 heavy (non-hydrogen) atoms. The quantitative estimate of drug-likeness (QED) is 0.645. The van der Waals surface area contributed by atoms with E-state index in [1.807, 2.05) is 0 Å². The van der Waals surface area contributed by atoms with Crippen molar-refractivity contribution in [1.82, 2.24) is 15.1 Å². The van der Waals surface area contributed by atoms with Gasteiger partial charge in [-0.15, -0.1) is 0 Å². The largest absolute Gasteiger partial charge is 0.316 e. The Balaban J connectivity index is 1.42. The van der Waals surface area contributed by atoms with Gasteiger partial charge in [0.15, 0.2) is 0 Å². The Morgan fingerprint density at radius 2 is 1.68 bits per heavy atom. The lowest BCUT2D eigenvalue weighted by atomic mass is 10.2. The molecule has 0 aromatic heterocycles. The van der Waals surface area contributed by atoms with Crippen LogP contribution in [0.3, 0.4) is 0 Å². The minimum atomic E-state index is 0.777. The molecule has 1 aliphatic carbocycles. The van der Waals surface area contributed by atoms with Gasteiger partial charge < -0.3 is 15.1 Å². The molecule has 1 saturated carbocycles. The van der Waals surface area contributed by atoms with E-state index in [2.05, 4.69) is 29.0 Å². The molecule has 0 amide bonds. The number of hydrogen-bond acceptors (Lipinski definition) is 3. The number of unbranched alkanes of at least 4 members (excludes halogenated alkanes) is 1. The molecule has 3 heteroatoms. The minimum Gasteiger partial charge on any atom is -0.316 e. The molecule has 1 saturated heterocycles. The van der Waals surface area contributed by atoms with Crippen LogP contribution in [0.15, 0.2) is 0 Å². The summed E-state index contributed by atoms with van der Waals surface area (Å²) in [6, 6.07) is 0. The zero-order valence-corrected chi connectivity index (χ0v) is 13.0. The van der Waals surface area contributed by atoms with Crippen molar-refractivity contribution in [2.24, 2.45) is 11.8 Å². The third kappa shape index (κ3) is 6.73. The first kappa shape index (κ1) is 15.3. The lowest BCUT2D eigenvalue weighted by Gasteiger charge is -2.34. The second kappa shape index (κ2) is 8.23. The molecule has 2 aliphatic rings. The number of rotatable bonds is 9. The van der Waals surface area contributed by atoms with Crippen molar-refractivity contribution in [1.29, 1.82) is 0 Å². The molecular formula is C16H33N3. The first-order valence-corrected chi connectivity index (χ1v) is 8.39. The van der Waals surface area contributed by atoms with E-state index >= 15 is 0 Å². The molecule has 1 heterocycles. The van der Waals surface area contributed by atoms with Gasteiger partial charge in [0, 0.05) is 32.7 Å². The van der Waals surface area contributed by atoms with Crippen LogP contribution in [0, 0.1) is 11.8 Å². The van der Waals surface area contributed by atoms with Crippen LogP contribution in [0.4, 0.5) is 0 Å². The number of piperazine rings is 1. The van der Waals surface area contributed by atoms with Gasteiger partial charge in [-0.25, -0.2) is 0 Å². The molecule has 0 bridgehead atoms. The van der Waals surface area contributed by atoms with Gasteiger partial charge in [0.25, 0.3) is 0 Å². The van der Waals surface area contributed by atoms with E-state index in [-0.39, 0.29) is 0 Å². The average molecular weight is 267 g/mol. The van der Waals surface area contributed by atoms with E-state index in [1.165, 1.54) is 78.0 Å². The van der Waals surface area contributed by atoms with Gasteiger partial charge in [0.1, 0.15) is 0 Å². The molecule has 0 radical (unpaired) electrons. The Bertz CT molecular complexity index is 230. The molecule has 2 fully saturated rings. The van der Waals surface area contributed by atoms with Crippen LogP contribution >= 0.6 is 0 Å². The van der Waals surface area contributed by atoms with Gasteiger partial charge in [-0.2, -0.15) is 0 Å². The first-order valence-electron chi connectivity index (χ1n) is 8.39. The molecule has 0 unspecified atom stereocenters. The molecule has 112 valence electrons. The Kier molecular flexibility index (Phi) is 6.62. The maximum Gasteiger partial charge on any atom is 0.0110 e. The SMILES string of the molecule is CC(C)CNCCCCN1CCN(CC2CC2)CC1. The highest BCUT2D eigenvalue weighted by Gasteiger charge is 2.26. The average Bonchev–Trinajstić information content (AvgIpc) is 3.19. The summed E-state index contributed by atoms with van der Waals surface area (Å²) in [7, 11) is 0. The smallest absolute Gasteiger partial charge is 0.0110 e. The van der Waals surface area contributed by atoms with Gasteiger partial charge in [-0.1, -0.05) is 13.8 Å². The normalized spacial score (nSPS) is 22.3. The summed E-state index contributed by atoms with van der Waals surface area (Å²) in [6.07, 6.45) is 5.66.